The van der Waals surface area contributed by atoms with Crippen LogP contribution in [0, 0.1) is 6.92 Å². The van der Waals surface area contributed by atoms with E-state index in [1.807, 2.05) is 38.8 Å². The van der Waals surface area contributed by atoms with E-state index < -0.39 is 13.9 Å². The fourth-order valence-corrected chi connectivity index (χ4v) is 10.9. The van der Waals surface area contributed by atoms with E-state index in [-0.39, 0.29) is 23.2 Å². The van der Waals surface area contributed by atoms with E-state index in [9.17, 15) is 4.79 Å². The number of carbonyl (C=O) groups is 1. The maximum Gasteiger partial charge on any atom is 0.411 e. The molecule has 0 saturated carbocycles. The zero-order valence-corrected chi connectivity index (χ0v) is 26.3. The van der Waals surface area contributed by atoms with Crippen molar-refractivity contribution in [2.24, 2.45) is 0 Å². The molecule has 216 valence electrons. The monoisotopic (exact) mass is 570 g/mol. The molecule has 2 aromatic heterocycles. The van der Waals surface area contributed by atoms with Gasteiger partial charge in [-0.05, 0) is 55.9 Å². The lowest BCUT2D eigenvalue weighted by Crippen LogP contribution is -2.67. The van der Waals surface area contributed by atoms with Gasteiger partial charge in [-0.25, -0.2) is 14.8 Å². The van der Waals surface area contributed by atoms with Crippen molar-refractivity contribution in [1.82, 2.24) is 19.9 Å². The lowest BCUT2D eigenvalue weighted by atomic mass is 10.1. The van der Waals surface area contributed by atoms with E-state index in [4.69, 9.17) is 9.16 Å². The summed E-state index contributed by atoms with van der Waals surface area (Å²) >= 11 is 0. The number of nitrogens with zero attached hydrogens (tertiary/aromatic N) is 3. The SMILES string of the molecule is Cc1ncnc2c([C@H]3CC[C@@H](CO[Si](c4ccccc4)(c4ccccc4)C(C)(C)C)N3C(=O)OC(C)(C)C)c[nH]c12. The van der Waals surface area contributed by atoms with Gasteiger partial charge in [-0.1, -0.05) is 81.4 Å². The van der Waals surface area contributed by atoms with Crippen LogP contribution in [-0.2, 0) is 9.16 Å². The summed E-state index contributed by atoms with van der Waals surface area (Å²) in [6, 6.07) is 20.9. The summed E-state index contributed by atoms with van der Waals surface area (Å²) in [5.74, 6) is 0. The fourth-order valence-electron chi connectivity index (χ4n) is 6.26. The van der Waals surface area contributed by atoms with E-state index in [1.54, 1.807) is 6.33 Å². The second kappa shape index (κ2) is 11.1. The van der Waals surface area contributed by atoms with Gasteiger partial charge in [0, 0.05) is 11.8 Å². The molecule has 2 aromatic carbocycles. The Morgan fingerprint density at radius 3 is 2.12 bits per heavy atom. The van der Waals surface area contributed by atoms with Crippen LogP contribution in [-0.4, -0.2) is 52.5 Å². The first kappa shape index (κ1) is 29.0. The maximum atomic E-state index is 13.9. The topological polar surface area (TPSA) is 80.3 Å². The van der Waals surface area contributed by atoms with Crippen LogP contribution < -0.4 is 10.4 Å². The molecule has 1 aliphatic heterocycles. The van der Waals surface area contributed by atoms with Crippen molar-refractivity contribution in [3.63, 3.8) is 0 Å². The van der Waals surface area contributed by atoms with Crippen molar-refractivity contribution in [2.75, 3.05) is 6.61 Å². The Hall–Kier alpha value is -3.49. The molecule has 0 unspecified atom stereocenters. The lowest BCUT2D eigenvalue weighted by molar-refractivity contribution is 0.00964. The number of aromatic nitrogens is 3. The van der Waals surface area contributed by atoms with Crippen LogP contribution in [0.15, 0.2) is 73.2 Å². The van der Waals surface area contributed by atoms with E-state index >= 15 is 0 Å². The molecule has 7 nitrogen and oxygen atoms in total. The predicted octanol–water partition coefficient (Wildman–Crippen LogP) is 6.28. The molecule has 41 heavy (non-hydrogen) atoms. The molecular formula is C33H42N4O3Si. The van der Waals surface area contributed by atoms with Crippen LogP contribution in [0.5, 0.6) is 0 Å². The van der Waals surface area contributed by atoms with Crippen LogP contribution in [0.4, 0.5) is 4.79 Å². The fraction of sp³-hybridized carbons (Fsp3) is 0.424. The van der Waals surface area contributed by atoms with Crippen molar-refractivity contribution in [1.29, 1.82) is 0 Å². The number of aryl methyl sites for hydroxylation is 1. The Morgan fingerprint density at radius 2 is 1.56 bits per heavy atom. The number of likely N-dealkylation sites (tertiary alicyclic amines) is 1. The minimum atomic E-state index is -2.77. The standard InChI is InChI=1S/C33H42N4O3Si/c1-23-29-30(36-22-35-23)27(20-34-29)28-19-18-24(37(28)31(38)40-32(2,3)4)21-39-41(33(5,6)7,25-14-10-8-11-15-25)26-16-12-9-13-17-26/h8-17,20,22,24,28,34H,18-19,21H2,1-7H3/t24-,28+/m0/s1. The number of rotatable bonds is 6. The molecule has 5 rings (SSSR count). The van der Waals surface area contributed by atoms with Crippen LogP contribution >= 0.6 is 0 Å². The number of fused-ring (bicyclic) bond motifs is 1. The van der Waals surface area contributed by atoms with E-state index in [0.717, 1.165) is 35.1 Å². The molecule has 1 aliphatic rings. The number of ether oxygens (including phenoxy) is 1. The summed E-state index contributed by atoms with van der Waals surface area (Å²) in [7, 11) is -2.77. The summed E-state index contributed by atoms with van der Waals surface area (Å²) in [4.78, 5) is 28.0. The zero-order chi connectivity index (χ0) is 29.4. The number of H-pyrrole nitrogens is 1. The second-order valence-corrected chi connectivity index (χ2v) is 17.3. The lowest BCUT2D eigenvalue weighted by Gasteiger charge is -2.44. The molecule has 4 aromatic rings. The molecule has 1 amide bonds. The molecule has 0 bridgehead atoms. The summed E-state index contributed by atoms with van der Waals surface area (Å²) in [6.07, 6.45) is 4.84. The maximum absolute atomic E-state index is 13.9. The molecular weight excluding hydrogens is 528 g/mol. The number of hydrogen-bond donors (Lipinski definition) is 1. The molecule has 0 radical (unpaired) electrons. The molecule has 8 heteroatoms. The Kier molecular flexibility index (Phi) is 7.83. The number of benzene rings is 2. The van der Waals surface area contributed by atoms with Crippen LogP contribution in [0.25, 0.3) is 11.0 Å². The summed E-state index contributed by atoms with van der Waals surface area (Å²) < 4.78 is 13.3. The number of hydrogen-bond acceptors (Lipinski definition) is 5. The Labute approximate surface area is 244 Å². The third-order valence-electron chi connectivity index (χ3n) is 8.06. The number of aromatic amines is 1. The number of carbonyl (C=O) groups excluding carboxylic acids is 1. The number of nitrogens with one attached hydrogen (secondary N) is 1. The van der Waals surface area contributed by atoms with E-state index in [1.165, 1.54) is 10.4 Å². The smallest absolute Gasteiger partial charge is 0.411 e. The minimum absolute atomic E-state index is 0.149. The number of amides is 1. The highest BCUT2D eigenvalue weighted by molar-refractivity contribution is 6.99. The minimum Gasteiger partial charge on any atom is -0.444 e. The normalized spacial score (nSPS) is 18.2. The van der Waals surface area contributed by atoms with Crippen LogP contribution in [0.2, 0.25) is 5.04 Å². The average molecular weight is 571 g/mol. The molecule has 3 heterocycles. The molecule has 1 fully saturated rings. The highest BCUT2D eigenvalue weighted by Gasteiger charge is 2.51. The van der Waals surface area contributed by atoms with Crippen LogP contribution in [0.1, 0.15) is 71.7 Å². The van der Waals surface area contributed by atoms with Crippen molar-refractivity contribution in [3.05, 3.63) is 84.4 Å². The van der Waals surface area contributed by atoms with Gasteiger partial charge in [0.25, 0.3) is 8.32 Å². The van der Waals surface area contributed by atoms with E-state index in [2.05, 4.69) is 96.4 Å². The summed E-state index contributed by atoms with van der Waals surface area (Å²) in [5, 5.41) is 2.29. The average Bonchev–Trinajstić information content (AvgIpc) is 3.53. The largest absolute Gasteiger partial charge is 0.444 e. The Bertz CT molecular complexity index is 1450. The van der Waals surface area contributed by atoms with Crippen molar-refractivity contribution in [3.8, 4) is 0 Å². The Morgan fingerprint density at radius 1 is 0.951 bits per heavy atom. The van der Waals surface area contributed by atoms with Gasteiger partial charge >= 0.3 is 6.09 Å². The summed E-state index contributed by atoms with van der Waals surface area (Å²) in [5.41, 5.74) is 3.01. The van der Waals surface area contributed by atoms with Crippen molar-refractivity contribution >= 4 is 35.8 Å². The summed E-state index contributed by atoms with van der Waals surface area (Å²) in [6.45, 7) is 14.9. The van der Waals surface area contributed by atoms with Gasteiger partial charge in [0.2, 0.25) is 0 Å². The first-order valence-electron chi connectivity index (χ1n) is 14.5. The van der Waals surface area contributed by atoms with Crippen molar-refractivity contribution < 1.29 is 14.0 Å². The molecule has 1 saturated heterocycles. The molecule has 0 spiro atoms. The first-order chi connectivity index (χ1) is 19.4. The predicted molar refractivity (Wildman–Crippen MR) is 166 cm³/mol. The van der Waals surface area contributed by atoms with Gasteiger partial charge in [0.15, 0.2) is 0 Å². The molecule has 0 aliphatic carbocycles. The quantitative estimate of drug-likeness (QED) is 0.276. The van der Waals surface area contributed by atoms with Gasteiger partial charge < -0.3 is 14.1 Å². The Balaban J connectivity index is 1.55. The molecule has 2 atom stereocenters. The highest BCUT2D eigenvalue weighted by atomic mass is 28.4. The second-order valence-electron chi connectivity index (χ2n) is 13.0. The highest BCUT2D eigenvalue weighted by Crippen LogP contribution is 2.42. The van der Waals surface area contributed by atoms with Crippen molar-refractivity contribution in [2.45, 2.75) is 84.0 Å². The molecule has 1 N–H and O–H groups in total. The first-order valence-corrected chi connectivity index (χ1v) is 16.4. The third-order valence-corrected chi connectivity index (χ3v) is 13.1. The van der Waals surface area contributed by atoms with Crippen LogP contribution in [0.3, 0.4) is 0 Å². The van der Waals surface area contributed by atoms with Gasteiger partial charge in [-0.2, -0.15) is 0 Å². The van der Waals surface area contributed by atoms with Gasteiger partial charge in [-0.3, -0.25) is 4.90 Å². The van der Waals surface area contributed by atoms with Gasteiger partial charge in [0.05, 0.1) is 35.4 Å². The zero-order valence-electron chi connectivity index (χ0n) is 25.3. The van der Waals surface area contributed by atoms with E-state index in [0.29, 0.717) is 6.61 Å². The van der Waals surface area contributed by atoms with Gasteiger partial charge in [0.1, 0.15) is 11.9 Å². The van der Waals surface area contributed by atoms with Gasteiger partial charge in [-0.15, -0.1) is 0 Å². The third kappa shape index (κ3) is 5.55.